The second-order valence-corrected chi connectivity index (χ2v) is 5.72. The van der Waals surface area contributed by atoms with Crippen LogP contribution in [0.25, 0.3) is 0 Å². The largest absolute Gasteiger partial charge is 0.491 e. The van der Waals surface area contributed by atoms with E-state index in [-0.39, 0.29) is 12.5 Å². The molecule has 2 aromatic rings. The monoisotopic (exact) mass is 342 g/mol. The molecule has 0 aliphatic carbocycles. The fraction of sp³-hybridized carbons (Fsp3) is 0.350. The van der Waals surface area contributed by atoms with Crippen LogP contribution >= 0.6 is 0 Å². The van der Waals surface area contributed by atoms with Crippen molar-refractivity contribution in [2.75, 3.05) is 37.0 Å². The first-order chi connectivity index (χ1) is 12.1. The molecule has 0 saturated heterocycles. The summed E-state index contributed by atoms with van der Waals surface area (Å²) in [7, 11) is 0. The molecule has 0 heterocycles. The Morgan fingerprint density at radius 3 is 2.68 bits per heavy atom. The highest BCUT2D eigenvalue weighted by Crippen LogP contribution is 2.19. The van der Waals surface area contributed by atoms with Gasteiger partial charge >= 0.3 is 0 Å². The van der Waals surface area contributed by atoms with Crippen molar-refractivity contribution in [1.82, 2.24) is 0 Å². The van der Waals surface area contributed by atoms with E-state index in [1.165, 1.54) is 0 Å². The number of carbonyl (C=O) groups excluding carboxylic acids is 1. The number of hydrogen-bond acceptors (Lipinski definition) is 4. The maximum atomic E-state index is 12.2. The molecule has 0 atom stereocenters. The molecule has 0 unspecified atom stereocenters. The van der Waals surface area contributed by atoms with Crippen LogP contribution in [-0.4, -0.2) is 32.3 Å². The lowest BCUT2D eigenvalue weighted by atomic mass is 10.1. The highest BCUT2D eigenvalue weighted by Gasteiger charge is 2.06. The Morgan fingerprint density at radius 2 is 1.88 bits per heavy atom. The molecule has 0 aliphatic rings. The topological polar surface area (TPSA) is 59.6 Å². The van der Waals surface area contributed by atoms with Gasteiger partial charge in [0, 0.05) is 24.0 Å². The molecule has 0 aliphatic heterocycles. The van der Waals surface area contributed by atoms with E-state index in [2.05, 4.69) is 10.6 Å². The van der Waals surface area contributed by atoms with Crippen LogP contribution in [0.5, 0.6) is 5.75 Å². The van der Waals surface area contributed by atoms with Crippen LogP contribution < -0.4 is 15.4 Å². The molecule has 0 bridgehead atoms. The standard InChI is InChI=1S/C20H26N2O3/c1-4-24-11-12-25-18-9-6-8-17(13-18)21-14-20(23)22-19-10-5-7-15(2)16(19)3/h5-10,13,21H,4,11-12,14H2,1-3H3,(H,22,23). The maximum absolute atomic E-state index is 12.2. The lowest BCUT2D eigenvalue weighted by Crippen LogP contribution is -2.22. The van der Waals surface area contributed by atoms with E-state index in [0.29, 0.717) is 19.8 Å². The van der Waals surface area contributed by atoms with Crippen LogP contribution in [0, 0.1) is 13.8 Å². The Labute approximate surface area is 149 Å². The van der Waals surface area contributed by atoms with Gasteiger partial charge in [-0.05, 0) is 50.1 Å². The molecule has 25 heavy (non-hydrogen) atoms. The van der Waals surface area contributed by atoms with Crippen LogP contribution in [0.3, 0.4) is 0 Å². The Morgan fingerprint density at radius 1 is 1.08 bits per heavy atom. The molecule has 134 valence electrons. The van der Waals surface area contributed by atoms with Crippen molar-refractivity contribution in [3.05, 3.63) is 53.6 Å². The quantitative estimate of drug-likeness (QED) is 0.681. The van der Waals surface area contributed by atoms with E-state index in [9.17, 15) is 4.79 Å². The Kier molecular flexibility index (Phi) is 7.29. The summed E-state index contributed by atoms with van der Waals surface area (Å²) in [5.74, 6) is 0.663. The average molecular weight is 342 g/mol. The number of rotatable bonds is 9. The molecule has 1 amide bonds. The molecule has 5 nitrogen and oxygen atoms in total. The number of anilines is 2. The third-order valence-electron chi connectivity index (χ3n) is 3.87. The van der Waals surface area contributed by atoms with Crippen molar-refractivity contribution in [3.8, 4) is 5.75 Å². The SMILES string of the molecule is CCOCCOc1cccc(NCC(=O)Nc2cccc(C)c2C)c1. The second-order valence-electron chi connectivity index (χ2n) is 5.72. The highest BCUT2D eigenvalue weighted by molar-refractivity contribution is 5.94. The molecule has 0 spiro atoms. The number of nitrogens with one attached hydrogen (secondary N) is 2. The number of carbonyl (C=O) groups is 1. The molecule has 2 rings (SSSR count). The minimum atomic E-state index is -0.0867. The zero-order chi connectivity index (χ0) is 18.1. The molecule has 0 saturated carbocycles. The van der Waals surface area contributed by atoms with E-state index < -0.39 is 0 Å². The predicted molar refractivity (Wildman–Crippen MR) is 101 cm³/mol. The van der Waals surface area contributed by atoms with Crippen LogP contribution in [0.1, 0.15) is 18.1 Å². The van der Waals surface area contributed by atoms with Crippen molar-refractivity contribution in [3.63, 3.8) is 0 Å². The molecule has 0 aromatic heterocycles. The molecular weight excluding hydrogens is 316 g/mol. The van der Waals surface area contributed by atoms with Crippen LogP contribution in [0.4, 0.5) is 11.4 Å². The van der Waals surface area contributed by atoms with Gasteiger partial charge in [0.25, 0.3) is 0 Å². The van der Waals surface area contributed by atoms with Gasteiger partial charge in [-0.2, -0.15) is 0 Å². The molecule has 0 fully saturated rings. The Bertz CT molecular complexity index is 701. The molecule has 5 heteroatoms. The predicted octanol–water partition coefficient (Wildman–Crippen LogP) is 3.77. The van der Waals surface area contributed by atoms with Gasteiger partial charge in [0.1, 0.15) is 12.4 Å². The van der Waals surface area contributed by atoms with E-state index >= 15 is 0 Å². The number of ether oxygens (including phenoxy) is 2. The normalized spacial score (nSPS) is 10.4. The minimum absolute atomic E-state index is 0.0867. The van der Waals surface area contributed by atoms with Crippen LogP contribution in [0.15, 0.2) is 42.5 Å². The van der Waals surface area contributed by atoms with Gasteiger partial charge in [-0.25, -0.2) is 0 Å². The second kappa shape index (κ2) is 9.69. The van der Waals surface area contributed by atoms with Crippen molar-refractivity contribution in [2.45, 2.75) is 20.8 Å². The summed E-state index contributed by atoms with van der Waals surface area (Å²) in [6, 6.07) is 13.4. The summed E-state index contributed by atoms with van der Waals surface area (Å²) in [5.41, 5.74) is 3.92. The summed E-state index contributed by atoms with van der Waals surface area (Å²) in [5, 5.41) is 6.05. The van der Waals surface area contributed by atoms with Gasteiger partial charge in [-0.3, -0.25) is 4.79 Å². The zero-order valence-electron chi connectivity index (χ0n) is 15.1. The van der Waals surface area contributed by atoms with Gasteiger partial charge in [0.2, 0.25) is 5.91 Å². The van der Waals surface area contributed by atoms with Crippen molar-refractivity contribution in [1.29, 1.82) is 0 Å². The van der Waals surface area contributed by atoms with Crippen molar-refractivity contribution >= 4 is 17.3 Å². The van der Waals surface area contributed by atoms with Gasteiger partial charge in [-0.1, -0.05) is 18.2 Å². The first kappa shape index (κ1) is 18.8. The fourth-order valence-corrected chi connectivity index (χ4v) is 2.32. The van der Waals surface area contributed by atoms with Gasteiger partial charge in [0.15, 0.2) is 0 Å². The highest BCUT2D eigenvalue weighted by atomic mass is 16.5. The fourth-order valence-electron chi connectivity index (χ4n) is 2.32. The van der Waals surface area contributed by atoms with Crippen LogP contribution in [-0.2, 0) is 9.53 Å². The van der Waals surface area contributed by atoms with Gasteiger partial charge in [0.05, 0.1) is 13.2 Å². The van der Waals surface area contributed by atoms with Gasteiger partial charge < -0.3 is 20.1 Å². The minimum Gasteiger partial charge on any atom is -0.491 e. The molecular formula is C20H26N2O3. The lowest BCUT2D eigenvalue weighted by molar-refractivity contribution is -0.114. The summed E-state index contributed by atoms with van der Waals surface area (Å²) < 4.78 is 10.9. The summed E-state index contributed by atoms with van der Waals surface area (Å²) >= 11 is 0. The smallest absolute Gasteiger partial charge is 0.243 e. The number of benzene rings is 2. The number of aryl methyl sites for hydroxylation is 1. The first-order valence-corrected chi connectivity index (χ1v) is 8.50. The third-order valence-corrected chi connectivity index (χ3v) is 3.87. The molecule has 2 N–H and O–H groups in total. The Balaban J connectivity index is 1.84. The van der Waals surface area contributed by atoms with E-state index in [0.717, 1.165) is 28.3 Å². The lowest BCUT2D eigenvalue weighted by Gasteiger charge is -2.12. The van der Waals surface area contributed by atoms with E-state index in [1.54, 1.807) is 0 Å². The average Bonchev–Trinajstić information content (AvgIpc) is 2.61. The van der Waals surface area contributed by atoms with E-state index in [1.807, 2.05) is 63.2 Å². The summed E-state index contributed by atoms with van der Waals surface area (Å²) in [6.45, 7) is 7.92. The van der Waals surface area contributed by atoms with Gasteiger partial charge in [-0.15, -0.1) is 0 Å². The maximum Gasteiger partial charge on any atom is 0.243 e. The molecule has 0 radical (unpaired) electrons. The summed E-state index contributed by atoms with van der Waals surface area (Å²) in [4.78, 5) is 12.2. The third kappa shape index (κ3) is 6.12. The Hall–Kier alpha value is -2.53. The number of amides is 1. The summed E-state index contributed by atoms with van der Waals surface area (Å²) in [6.07, 6.45) is 0. The molecule has 2 aromatic carbocycles. The number of hydrogen-bond donors (Lipinski definition) is 2. The van der Waals surface area contributed by atoms with Crippen molar-refractivity contribution in [2.24, 2.45) is 0 Å². The van der Waals surface area contributed by atoms with Crippen molar-refractivity contribution < 1.29 is 14.3 Å². The zero-order valence-corrected chi connectivity index (χ0v) is 15.1. The first-order valence-electron chi connectivity index (χ1n) is 8.50. The van der Waals surface area contributed by atoms with E-state index in [4.69, 9.17) is 9.47 Å². The van der Waals surface area contributed by atoms with Crippen LogP contribution in [0.2, 0.25) is 0 Å².